The summed E-state index contributed by atoms with van der Waals surface area (Å²) in [5.74, 6) is 0.408. The monoisotopic (exact) mass is 282 g/mol. The van der Waals surface area contributed by atoms with Crippen molar-refractivity contribution in [3.8, 4) is 0 Å². The lowest BCUT2D eigenvalue weighted by atomic mass is 10.2. The third-order valence-corrected chi connectivity index (χ3v) is 2.64. The highest BCUT2D eigenvalue weighted by molar-refractivity contribution is 5.75. The lowest BCUT2D eigenvalue weighted by molar-refractivity contribution is -0.137. The number of oxazole rings is 1. The minimum absolute atomic E-state index is 0.0607. The van der Waals surface area contributed by atoms with Crippen molar-refractivity contribution in [3.05, 3.63) is 35.7 Å². The normalized spacial score (nSPS) is 12.0. The fourth-order valence-corrected chi connectivity index (χ4v) is 1.73. The molecule has 1 aromatic carbocycles. The first kappa shape index (κ1) is 12.5. The molecule has 0 unspecified atom stereocenters. The standard InChI is InChI=1S/C12H9F3N4O/c1-6-5-16-10(17-6)19-11-18-8-3-2-7(12(13,14)15)4-9(8)20-11/h2-5H,1H3,(H2,16,17,18,19). The maximum Gasteiger partial charge on any atom is 0.416 e. The van der Waals surface area contributed by atoms with Crippen molar-refractivity contribution in [1.82, 2.24) is 15.0 Å². The third kappa shape index (κ3) is 2.31. The molecule has 8 heteroatoms. The van der Waals surface area contributed by atoms with Crippen LogP contribution in [0.1, 0.15) is 11.3 Å². The summed E-state index contributed by atoms with van der Waals surface area (Å²) in [5, 5.41) is 2.75. The summed E-state index contributed by atoms with van der Waals surface area (Å²) in [6.07, 6.45) is -2.81. The molecule has 2 aromatic heterocycles. The van der Waals surface area contributed by atoms with Gasteiger partial charge in [0.1, 0.15) is 5.52 Å². The number of benzene rings is 1. The molecule has 20 heavy (non-hydrogen) atoms. The zero-order valence-electron chi connectivity index (χ0n) is 10.2. The van der Waals surface area contributed by atoms with E-state index < -0.39 is 11.7 Å². The van der Waals surface area contributed by atoms with E-state index in [0.29, 0.717) is 11.5 Å². The molecule has 0 radical (unpaired) electrons. The Hall–Kier alpha value is -2.51. The van der Waals surface area contributed by atoms with Crippen LogP contribution in [0.2, 0.25) is 0 Å². The van der Waals surface area contributed by atoms with Crippen LogP contribution in [-0.4, -0.2) is 15.0 Å². The SMILES string of the molecule is Cc1cnc(Nc2nc3ccc(C(F)(F)F)cc3o2)[nH]1. The molecule has 3 aromatic rings. The number of imidazole rings is 1. The van der Waals surface area contributed by atoms with Crippen LogP contribution in [-0.2, 0) is 6.18 Å². The summed E-state index contributed by atoms with van der Waals surface area (Å²) in [6, 6.07) is 3.22. The second kappa shape index (κ2) is 4.26. The fraction of sp³-hybridized carbons (Fsp3) is 0.167. The predicted molar refractivity (Wildman–Crippen MR) is 65.6 cm³/mol. The summed E-state index contributed by atoms with van der Waals surface area (Å²) in [4.78, 5) is 10.9. The molecule has 0 amide bonds. The average Bonchev–Trinajstić information content (AvgIpc) is 2.93. The van der Waals surface area contributed by atoms with E-state index in [1.165, 1.54) is 6.07 Å². The summed E-state index contributed by atoms with van der Waals surface area (Å²) in [5.41, 5.74) is 0.457. The van der Waals surface area contributed by atoms with Crippen LogP contribution in [0.15, 0.2) is 28.8 Å². The topological polar surface area (TPSA) is 66.7 Å². The Bertz CT molecular complexity index is 759. The zero-order valence-corrected chi connectivity index (χ0v) is 10.2. The molecule has 0 aliphatic rings. The molecule has 5 nitrogen and oxygen atoms in total. The molecule has 0 atom stereocenters. The fourth-order valence-electron chi connectivity index (χ4n) is 1.73. The first-order valence-corrected chi connectivity index (χ1v) is 5.68. The van der Waals surface area contributed by atoms with E-state index in [2.05, 4.69) is 20.3 Å². The first-order chi connectivity index (χ1) is 9.41. The van der Waals surface area contributed by atoms with Gasteiger partial charge in [-0.15, -0.1) is 0 Å². The summed E-state index contributed by atoms with van der Waals surface area (Å²) >= 11 is 0. The number of fused-ring (bicyclic) bond motifs is 1. The lowest BCUT2D eigenvalue weighted by Crippen LogP contribution is -2.03. The summed E-state index contributed by atoms with van der Waals surface area (Å²) in [6.45, 7) is 1.82. The van der Waals surface area contributed by atoms with Crippen molar-refractivity contribution in [2.24, 2.45) is 0 Å². The average molecular weight is 282 g/mol. The maximum atomic E-state index is 12.6. The summed E-state index contributed by atoms with van der Waals surface area (Å²) < 4.78 is 43.0. The van der Waals surface area contributed by atoms with Crippen molar-refractivity contribution in [3.63, 3.8) is 0 Å². The number of aromatic amines is 1. The zero-order chi connectivity index (χ0) is 14.3. The van der Waals surface area contributed by atoms with Crippen LogP contribution in [0.25, 0.3) is 11.1 Å². The smallest absolute Gasteiger partial charge is 0.416 e. The second-order valence-corrected chi connectivity index (χ2v) is 4.24. The highest BCUT2D eigenvalue weighted by Crippen LogP contribution is 2.32. The number of anilines is 2. The van der Waals surface area contributed by atoms with Crippen LogP contribution in [0, 0.1) is 6.92 Å². The van der Waals surface area contributed by atoms with Crippen molar-refractivity contribution < 1.29 is 17.6 Å². The van der Waals surface area contributed by atoms with Gasteiger partial charge >= 0.3 is 12.2 Å². The largest absolute Gasteiger partial charge is 0.423 e. The van der Waals surface area contributed by atoms with E-state index in [0.717, 1.165) is 17.8 Å². The molecule has 0 fully saturated rings. The van der Waals surface area contributed by atoms with Crippen LogP contribution in [0.5, 0.6) is 0 Å². The minimum Gasteiger partial charge on any atom is -0.423 e. The molecule has 0 spiro atoms. The number of nitrogens with one attached hydrogen (secondary N) is 2. The highest BCUT2D eigenvalue weighted by Gasteiger charge is 2.31. The lowest BCUT2D eigenvalue weighted by Gasteiger charge is -2.04. The number of rotatable bonds is 2. The molecular weight excluding hydrogens is 273 g/mol. The van der Waals surface area contributed by atoms with Gasteiger partial charge in [-0.25, -0.2) is 4.98 Å². The Morgan fingerprint density at radius 3 is 2.75 bits per heavy atom. The molecule has 0 aliphatic heterocycles. The van der Waals surface area contributed by atoms with Crippen LogP contribution >= 0.6 is 0 Å². The van der Waals surface area contributed by atoms with E-state index in [1.807, 2.05) is 6.92 Å². The first-order valence-electron chi connectivity index (χ1n) is 5.68. The number of halogens is 3. The molecule has 104 valence electrons. The second-order valence-electron chi connectivity index (χ2n) is 4.24. The molecule has 0 bridgehead atoms. The van der Waals surface area contributed by atoms with E-state index >= 15 is 0 Å². The van der Waals surface area contributed by atoms with Gasteiger partial charge in [0.2, 0.25) is 5.95 Å². The summed E-state index contributed by atoms with van der Waals surface area (Å²) in [7, 11) is 0. The Labute approximate surface area is 110 Å². The quantitative estimate of drug-likeness (QED) is 0.753. The number of aromatic nitrogens is 3. The Morgan fingerprint density at radius 1 is 1.30 bits per heavy atom. The molecule has 0 saturated heterocycles. The number of nitrogens with zero attached hydrogens (tertiary/aromatic N) is 2. The van der Waals surface area contributed by atoms with Gasteiger partial charge in [-0.05, 0) is 25.1 Å². The van der Waals surface area contributed by atoms with Gasteiger partial charge in [-0.3, -0.25) is 5.32 Å². The molecule has 2 heterocycles. The Morgan fingerprint density at radius 2 is 2.10 bits per heavy atom. The number of H-pyrrole nitrogens is 1. The molecule has 0 saturated carbocycles. The molecule has 2 N–H and O–H groups in total. The van der Waals surface area contributed by atoms with E-state index in [1.54, 1.807) is 6.20 Å². The third-order valence-electron chi connectivity index (χ3n) is 2.64. The predicted octanol–water partition coefficient (Wildman–Crippen LogP) is 3.62. The van der Waals surface area contributed by atoms with Crippen molar-refractivity contribution in [2.75, 3.05) is 5.32 Å². The van der Waals surface area contributed by atoms with Crippen LogP contribution < -0.4 is 5.32 Å². The van der Waals surface area contributed by atoms with E-state index in [9.17, 15) is 13.2 Å². The van der Waals surface area contributed by atoms with Gasteiger partial charge in [-0.2, -0.15) is 18.2 Å². The van der Waals surface area contributed by atoms with E-state index in [-0.39, 0.29) is 11.6 Å². The van der Waals surface area contributed by atoms with Crippen molar-refractivity contribution in [1.29, 1.82) is 0 Å². The number of hydrogen-bond donors (Lipinski definition) is 2. The molecular formula is C12H9F3N4O. The van der Waals surface area contributed by atoms with Gasteiger partial charge < -0.3 is 9.40 Å². The maximum absolute atomic E-state index is 12.6. The van der Waals surface area contributed by atoms with Gasteiger partial charge in [0.15, 0.2) is 5.58 Å². The van der Waals surface area contributed by atoms with Gasteiger partial charge in [0, 0.05) is 11.9 Å². The van der Waals surface area contributed by atoms with Crippen LogP contribution in [0.4, 0.5) is 25.1 Å². The van der Waals surface area contributed by atoms with Crippen molar-refractivity contribution >= 4 is 23.1 Å². The van der Waals surface area contributed by atoms with Gasteiger partial charge in [0.25, 0.3) is 0 Å². The molecule has 3 rings (SSSR count). The Kier molecular flexibility index (Phi) is 2.66. The Balaban J connectivity index is 1.94. The van der Waals surface area contributed by atoms with Crippen LogP contribution in [0.3, 0.4) is 0 Å². The highest BCUT2D eigenvalue weighted by atomic mass is 19.4. The number of hydrogen-bond acceptors (Lipinski definition) is 4. The van der Waals surface area contributed by atoms with Gasteiger partial charge in [-0.1, -0.05) is 0 Å². The van der Waals surface area contributed by atoms with E-state index in [4.69, 9.17) is 4.42 Å². The van der Waals surface area contributed by atoms with Crippen molar-refractivity contribution in [2.45, 2.75) is 13.1 Å². The minimum atomic E-state index is -4.41. The van der Waals surface area contributed by atoms with Gasteiger partial charge in [0.05, 0.1) is 5.56 Å². The molecule has 0 aliphatic carbocycles. The number of alkyl halides is 3. The number of aryl methyl sites for hydroxylation is 1.